The van der Waals surface area contributed by atoms with Crippen molar-refractivity contribution in [2.45, 2.75) is 0 Å². The van der Waals surface area contributed by atoms with Crippen LogP contribution in [0.15, 0.2) is 36.8 Å². The van der Waals surface area contributed by atoms with Crippen LogP contribution in [0.3, 0.4) is 0 Å². The minimum absolute atomic E-state index is 0.288. The number of hydrogen-bond donors (Lipinski definition) is 0. The summed E-state index contributed by atoms with van der Waals surface area (Å²) in [6.07, 6.45) is 5.05. The smallest absolute Gasteiger partial charge is 0.356 e. The molecule has 0 fully saturated rings. The average molecular weight is 271 g/mol. The summed E-state index contributed by atoms with van der Waals surface area (Å²) in [6.45, 7) is 0. The molecule has 3 aromatic rings. The van der Waals surface area contributed by atoms with Gasteiger partial charge in [-0.25, -0.2) is 14.8 Å². The molecule has 0 aromatic carbocycles. The summed E-state index contributed by atoms with van der Waals surface area (Å²) in [7, 11) is 1.34. The zero-order valence-electron chi connectivity index (χ0n) is 10.0. The molecule has 0 bridgehead atoms. The van der Waals surface area contributed by atoms with Gasteiger partial charge in [0.2, 0.25) is 0 Å². The molecule has 6 heteroatoms. The Labute approximate surface area is 112 Å². The van der Waals surface area contributed by atoms with Crippen molar-refractivity contribution in [1.29, 1.82) is 0 Å². The van der Waals surface area contributed by atoms with Crippen molar-refractivity contribution in [3.63, 3.8) is 0 Å². The molecule has 0 spiro atoms. The zero-order valence-corrected chi connectivity index (χ0v) is 10.8. The molecule has 0 radical (unpaired) electrons. The number of pyridine rings is 2. The van der Waals surface area contributed by atoms with E-state index in [1.807, 2.05) is 12.1 Å². The van der Waals surface area contributed by atoms with Gasteiger partial charge in [0.1, 0.15) is 16.2 Å². The Morgan fingerprint density at radius 1 is 1.37 bits per heavy atom. The highest BCUT2D eigenvalue weighted by molar-refractivity contribution is 7.21. The van der Waals surface area contributed by atoms with E-state index >= 15 is 0 Å². The summed E-state index contributed by atoms with van der Waals surface area (Å²) in [4.78, 5) is 24.0. The summed E-state index contributed by atoms with van der Waals surface area (Å²) in [5.74, 6) is -0.446. The molecule has 0 N–H and O–H groups in total. The number of ether oxygens (including phenoxy) is 1. The van der Waals surface area contributed by atoms with Gasteiger partial charge in [-0.3, -0.25) is 4.98 Å². The number of esters is 1. The van der Waals surface area contributed by atoms with E-state index in [1.165, 1.54) is 18.4 Å². The van der Waals surface area contributed by atoms with E-state index in [-0.39, 0.29) is 5.69 Å². The molecular formula is C13H9N3O2S. The second kappa shape index (κ2) is 4.74. The van der Waals surface area contributed by atoms with E-state index < -0.39 is 5.97 Å². The number of aromatic nitrogens is 3. The van der Waals surface area contributed by atoms with E-state index in [1.54, 1.807) is 24.7 Å². The highest BCUT2D eigenvalue weighted by Crippen LogP contribution is 2.29. The number of carbonyl (C=O) groups excluding carboxylic acids is 1. The lowest BCUT2D eigenvalue weighted by Crippen LogP contribution is -2.03. The molecule has 0 aliphatic rings. The largest absolute Gasteiger partial charge is 0.464 e. The lowest BCUT2D eigenvalue weighted by molar-refractivity contribution is 0.0594. The maximum atomic E-state index is 11.4. The number of fused-ring (bicyclic) bond motifs is 1. The molecule has 0 unspecified atom stereocenters. The quantitative estimate of drug-likeness (QED) is 0.670. The monoisotopic (exact) mass is 271 g/mol. The van der Waals surface area contributed by atoms with Crippen molar-refractivity contribution in [2.24, 2.45) is 0 Å². The van der Waals surface area contributed by atoms with Crippen LogP contribution in [0.4, 0.5) is 0 Å². The van der Waals surface area contributed by atoms with Gasteiger partial charge in [-0.15, -0.1) is 11.3 Å². The molecule has 0 aliphatic heterocycles. The van der Waals surface area contributed by atoms with Crippen molar-refractivity contribution in [2.75, 3.05) is 7.11 Å². The SMILES string of the molecule is COC(=O)c1cc2sc(-c3cccnc3)nc2cn1. The fourth-order valence-electron chi connectivity index (χ4n) is 1.66. The van der Waals surface area contributed by atoms with Crippen LogP contribution in [0.5, 0.6) is 0 Å². The van der Waals surface area contributed by atoms with E-state index in [2.05, 4.69) is 19.7 Å². The highest BCUT2D eigenvalue weighted by Gasteiger charge is 2.11. The molecule has 0 saturated heterocycles. The molecule has 0 atom stereocenters. The third-order valence-electron chi connectivity index (χ3n) is 2.58. The van der Waals surface area contributed by atoms with Gasteiger partial charge in [0.05, 0.1) is 18.0 Å². The number of thiazole rings is 1. The number of nitrogens with zero attached hydrogens (tertiary/aromatic N) is 3. The first-order valence-electron chi connectivity index (χ1n) is 5.53. The molecule has 3 rings (SSSR count). The summed E-state index contributed by atoms with van der Waals surface area (Å²) >= 11 is 1.49. The molecule has 94 valence electrons. The van der Waals surface area contributed by atoms with Crippen LogP contribution in [0.1, 0.15) is 10.5 Å². The van der Waals surface area contributed by atoms with Gasteiger partial charge in [-0.1, -0.05) is 0 Å². The molecule has 0 saturated carbocycles. The number of rotatable bonds is 2. The van der Waals surface area contributed by atoms with Gasteiger partial charge in [0, 0.05) is 18.0 Å². The summed E-state index contributed by atoms with van der Waals surface area (Å²) < 4.78 is 5.55. The Kier molecular flexibility index (Phi) is 2.92. The predicted molar refractivity (Wildman–Crippen MR) is 72.0 cm³/mol. The van der Waals surface area contributed by atoms with Crippen molar-refractivity contribution in [1.82, 2.24) is 15.0 Å². The predicted octanol–water partition coefficient (Wildman–Crippen LogP) is 2.54. The van der Waals surface area contributed by atoms with Gasteiger partial charge >= 0.3 is 5.97 Å². The summed E-state index contributed by atoms with van der Waals surface area (Å²) in [6, 6.07) is 5.50. The van der Waals surface area contributed by atoms with Crippen molar-refractivity contribution in [3.05, 3.63) is 42.5 Å². The molecule has 5 nitrogen and oxygen atoms in total. The van der Waals surface area contributed by atoms with Crippen molar-refractivity contribution >= 4 is 27.5 Å². The molecule has 3 heterocycles. The van der Waals surface area contributed by atoms with E-state index in [4.69, 9.17) is 0 Å². The Hall–Kier alpha value is -2.34. The third kappa shape index (κ3) is 2.17. The van der Waals surface area contributed by atoms with Gasteiger partial charge < -0.3 is 4.74 Å². The van der Waals surface area contributed by atoms with Crippen LogP contribution in [0.25, 0.3) is 20.8 Å². The van der Waals surface area contributed by atoms with E-state index in [9.17, 15) is 4.79 Å². The normalized spacial score (nSPS) is 10.6. The topological polar surface area (TPSA) is 65.0 Å². The lowest BCUT2D eigenvalue weighted by atomic mass is 10.3. The zero-order chi connectivity index (χ0) is 13.2. The third-order valence-corrected chi connectivity index (χ3v) is 3.65. The van der Waals surface area contributed by atoms with Crippen LogP contribution >= 0.6 is 11.3 Å². The Morgan fingerprint density at radius 3 is 3.00 bits per heavy atom. The average Bonchev–Trinajstić information content (AvgIpc) is 2.90. The first-order chi connectivity index (χ1) is 9.28. The number of methoxy groups -OCH3 is 1. The minimum atomic E-state index is -0.446. The van der Waals surface area contributed by atoms with Crippen LogP contribution in [-0.4, -0.2) is 28.0 Å². The molecule has 19 heavy (non-hydrogen) atoms. The Bertz CT molecular complexity index is 740. The van der Waals surface area contributed by atoms with Gasteiger partial charge in [0.15, 0.2) is 0 Å². The molecule has 0 amide bonds. The van der Waals surface area contributed by atoms with Gasteiger partial charge in [-0.05, 0) is 18.2 Å². The van der Waals surface area contributed by atoms with E-state index in [0.717, 1.165) is 20.8 Å². The van der Waals surface area contributed by atoms with Crippen LogP contribution in [0.2, 0.25) is 0 Å². The Morgan fingerprint density at radius 2 is 2.26 bits per heavy atom. The van der Waals surface area contributed by atoms with Crippen LogP contribution < -0.4 is 0 Å². The molecular weight excluding hydrogens is 262 g/mol. The summed E-state index contributed by atoms with van der Waals surface area (Å²) in [5.41, 5.74) is 2.00. The molecule has 3 aromatic heterocycles. The standard InChI is InChI=1S/C13H9N3O2S/c1-18-13(17)9-5-11-10(7-15-9)16-12(19-11)8-3-2-4-14-6-8/h2-7H,1H3. The minimum Gasteiger partial charge on any atom is -0.464 e. The number of hydrogen-bond acceptors (Lipinski definition) is 6. The summed E-state index contributed by atoms with van der Waals surface area (Å²) in [5, 5.41) is 0.854. The maximum Gasteiger partial charge on any atom is 0.356 e. The Balaban J connectivity index is 2.09. The van der Waals surface area contributed by atoms with Crippen molar-refractivity contribution < 1.29 is 9.53 Å². The molecule has 0 aliphatic carbocycles. The fourth-order valence-corrected chi connectivity index (χ4v) is 2.63. The highest BCUT2D eigenvalue weighted by atomic mass is 32.1. The first-order valence-corrected chi connectivity index (χ1v) is 6.35. The first kappa shape index (κ1) is 11.7. The van der Waals surface area contributed by atoms with Gasteiger partial charge in [-0.2, -0.15) is 0 Å². The second-order valence-electron chi connectivity index (χ2n) is 3.79. The second-order valence-corrected chi connectivity index (χ2v) is 4.82. The van der Waals surface area contributed by atoms with E-state index in [0.29, 0.717) is 0 Å². The lowest BCUT2D eigenvalue weighted by Gasteiger charge is -1.96. The van der Waals surface area contributed by atoms with Crippen molar-refractivity contribution in [3.8, 4) is 10.6 Å². The maximum absolute atomic E-state index is 11.4. The number of carbonyl (C=O) groups is 1. The fraction of sp³-hybridized carbons (Fsp3) is 0.0769. The van der Waals surface area contributed by atoms with Crippen LogP contribution in [-0.2, 0) is 4.74 Å². The van der Waals surface area contributed by atoms with Gasteiger partial charge in [0.25, 0.3) is 0 Å². The van der Waals surface area contributed by atoms with Crippen LogP contribution in [0, 0.1) is 0 Å².